The van der Waals surface area contributed by atoms with Gasteiger partial charge in [0.25, 0.3) is 0 Å². The second-order valence-electron chi connectivity index (χ2n) is 3.09. The predicted octanol–water partition coefficient (Wildman–Crippen LogP) is 1.87. The Morgan fingerprint density at radius 2 is 2.23 bits per heavy atom. The summed E-state index contributed by atoms with van der Waals surface area (Å²) in [5.41, 5.74) is 1.25. The van der Waals surface area contributed by atoms with Crippen LogP contribution in [0.3, 0.4) is 0 Å². The topological polar surface area (TPSA) is 23.5 Å². The molecule has 2 nitrogen and oxygen atoms in total. The summed E-state index contributed by atoms with van der Waals surface area (Å²) in [6.45, 7) is 1.80. The first-order valence-electron chi connectivity index (χ1n) is 4.26. The van der Waals surface area contributed by atoms with E-state index in [9.17, 15) is 0 Å². The molecule has 0 spiro atoms. The van der Waals surface area contributed by atoms with Crippen LogP contribution < -0.4 is 0 Å². The molecule has 0 aliphatic carbocycles. The zero-order valence-electron chi connectivity index (χ0n) is 7.70. The largest absolute Gasteiger partial charge is 0.395 e. The van der Waals surface area contributed by atoms with Crippen molar-refractivity contribution >= 4 is 15.9 Å². The van der Waals surface area contributed by atoms with Crippen LogP contribution in [0.4, 0.5) is 0 Å². The van der Waals surface area contributed by atoms with Crippen molar-refractivity contribution in [2.75, 3.05) is 20.2 Å². The van der Waals surface area contributed by atoms with Gasteiger partial charge >= 0.3 is 0 Å². The molecule has 0 aromatic heterocycles. The van der Waals surface area contributed by atoms with Crippen molar-refractivity contribution in [2.24, 2.45) is 0 Å². The number of benzene rings is 1. The molecule has 0 bridgehead atoms. The van der Waals surface area contributed by atoms with E-state index in [0.717, 1.165) is 11.0 Å². The number of hydrogen-bond acceptors (Lipinski definition) is 2. The molecule has 0 saturated heterocycles. The summed E-state index contributed by atoms with van der Waals surface area (Å²) in [7, 11) is 2.00. The predicted molar refractivity (Wildman–Crippen MR) is 57.6 cm³/mol. The third-order valence-corrected chi connectivity index (χ3v) is 2.32. The van der Waals surface area contributed by atoms with E-state index in [0.29, 0.717) is 6.54 Å². The Balaban J connectivity index is 2.53. The van der Waals surface area contributed by atoms with Crippen LogP contribution in [0.2, 0.25) is 0 Å². The summed E-state index contributed by atoms with van der Waals surface area (Å²) in [5, 5.41) is 8.72. The monoisotopic (exact) mass is 243 g/mol. The quantitative estimate of drug-likeness (QED) is 0.874. The lowest BCUT2D eigenvalue weighted by Gasteiger charge is -2.14. The highest BCUT2D eigenvalue weighted by Gasteiger charge is 1.99. The Morgan fingerprint density at radius 3 is 2.85 bits per heavy atom. The highest BCUT2D eigenvalue weighted by molar-refractivity contribution is 9.10. The molecule has 0 fully saturated rings. The van der Waals surface area contributed by atoms with Gasteiger partial charge in [0, 0.05) is 17.6 Å². The van der Waals surface area contributed by atoms with Crippen molar-refractivity contribution in [1.29, 1.82) is 0 Å². The minimum Gasteiger partial charge on any atom is -0.395 e. The summed E-state index contributed by atoms with van der Waals surface area (Å²) in [5.74, 6) is 0. The molecule has 0 amide bonds. The van der Waals surface area contributed by atoms with E-state index >= 15 is 0 Å². The summed E-state index contributed by atoms with van der Waals surface area (Å²) >= 11 is 3.42. The van der Waals surface area contributed by atoms with Crippen LogP contribution in [-0.2, 0) is 6.54 Å². The Bertz CT molecular complexity index is 265. The van der Waals surface area contributed by atoms with Crippen molar-refractivity contribution < 1.29 is 5.11 Å². The summed E-state index contributed by atoms with van der Waals surface area (Å²) in [6, 6.07) is 8.20. The van der Waals surface area contributed by atoms with E-state index in [4.69, 9.17) is 5.11 Å². The van der Waals surface area contributed by atoms with Crippen molar-refractivity contribution in [3.05, 3.63) is 34.3 Å². The van der Waals surface area contributed by atoms with Crippen LogP contribution in [-0.4, -0.2) is 30.2 Å². The highest BCUT2D eigenvalue weighted by atomic mass is 79.9. The molecule has 0 heterocycles. The van der Waals surface area contributed by atoms with Crippen LogP contribution in [0.5, 0.6) is 0 Å². The van der Waals surface area contributed by atoms with Crippen molar-refractivity contribution in [3.8, 4) is 0 Å². The maximum absolute atomic E-state index is 8.72. The van der Waals surface area contributed by atoms with E-state index in [-0.39, 0.29) is 6.61 Å². The van der Waals surface area contributed by atoms with Gasteiger partial charge in [-0.15, -0.1) is 0 Å². The second kappa shape index (κ2) is 5.37. The standard InChI is InChI=1S/C10H14BrNO/c1-12(5-6-13)8-9-3-2-4-10(11)7-9/h2-4,7,13H,5-6,8H2,1H3. The minimum absolute atomic E-state index is 0.213. The first-order valence-corrected chi connectivity index (χ1v) is 5.05. The molecule has 1 aromatic carbocycles. The number of nitrogens with zero attached hydrogens (tertiary/aromatic N) is 1. The molecule has 1 rings (SSSR count). The summed E-state index contributed by atoms with van der Waals surface area (Å²) in [6.07, 6.45) is 0. The number of likely N-dealkylation sites (N-methyl/N-ethyl adjacent to an activating group) is 1. The van der Waals surface area contributed by atoms with E-state index in [2.05, 4.69) is 33.0 Å². The Kier molecular flexibility index (Phi) is 4.42. The zero-order chi connectivity index (χ0) is 9.68. The van der Waals surface area contributed by atoms with Crippen molar-refractivity contribution in [3.63, 3.8) is 0 Å². The zero-order valence-corrected chi connectivity index (χ0v) is 9.29. The number of halogens is 1. The van der Waals surface area contributed by atoms with Gasteiger partial charge in [-0.3, -0.25) is 4.90 Å². The van der Waals surface area contributed by atoms with Gasteiger partial charge in [-0.2, -0.15) is 0 Å². The van der Waals surface area contributed by atoms with Crippen LogP contribution in [0.1, 0.15) is 5.56 Å². The van der Waals surface area contributed by atoms with Crippen molar-refractivity contribution in [1.82, 2.24) is 4.90 Å². The maximum Gasteiger partial charge on any atom is 0.0558 e. The van der Waals surface area contributed by atoms with E-state index in [1.807, 2.05) is 19.2 Å². The molecule has 0 unspecified atom stereocenters. The molecule has 0 saturated carbocycles. The fourth-order valence-electron chi connectivity index (χ4n) is 1.20. The third kappa shape index (κ3) is 3.89. The molecule has 0 radical (unpaired) electrons. The van der Waals surface area contributed by atoms with Crippen LogP contribution in [0.25, 0.3) is 0 Å². The van der Waals surface area contributed by atoms with Gasteiger partial charge in [0.2, 0.25) is 0 Å². The molecule has 3 heteroatoms. The normalized spacial score (nSPS) is 10.8. The van der Waals surface area contributed by atoms with Crippen molar-refractivity contribution in [2.45, 2.75) is 6.54 Å². The van der Waals surface area contributed by atoms with Gasteiger partial charge in [-0.05, 0) is 24.7 Å². The lowest BCUT2D eigenvalue weighted by molar-refractivity contribution is 0.217. The van der Waals surface area contributed by atoms with Crippen LogP contribution >= 0.6 is 15.9 Å². The lowest BCUT2D eigenvalue weighted by atomic mass is 10.2. The Labute approximate surface area is 87.3 Å². The highest BCUT2D eigenvalue weighted by Crippen LogP contribution is 2.12. The smallest absolute Gasteiger partial charge is 0.0558 e. The molecule has 0 aliphatic rings. The summed E-state index contributed by atoms with van der Waals surface area (Å²) < 4.78 is 1.10. The fourth-order valence-corrected chi connectivity index (χ4v) is 1.64. The molecule has 72 valence electrons. The van der Waals surface area contributed by atoms with Crippen LogP contribution in [0, 0.1) is 0 Å². The van der Waals surface area contributed by atoms with Gasteiger partial charge in [0.1, 0.15) is 0 Å². The molecule has 13 heavy (non-hydrogen) atoms. The molecule has 0 aliphatic heterocycles. The summed E-state index contributed by atoms with van der Waals surface area (Å²) in [4.78, 5) is 2.09. The fraction of sp³-hybridized carbons (Fsp3) is 0.400. The SMILES string of the molecule is CN(CCO)Cc1cccc(Br)c1. The molecule has 1 N–H and O–H groups in total. The minimum atomic E-state index is 0.213. The molecule has 0 atom stereocenters. The van der Waals surface area contributed by atoms with Crippen LogP contribution in [0.15, 0.2) is 28.7 Å². The van der Waals surface area contributed by atoms with Gasteiger partial charge < -0.3 is 5.11 Å². The molecular weight excluding hydrogens is 230 g/mol. The first-order chi connectivity index (χ1) is 6.22. The lowest BCUT2D eigenvalue weighted by Crippen LogP contribution is -2.21. The Morgan fingerprint density at radius 1 is 1.46 bits per heavy atom. The van der Waals surface area contributed by atoms with E-state index in [1.54, 1.807) is 0 Å². The number of aliphatic hydroxyl groups is 1. The van der Waals surface area contributed by atoms with E-state index in [1.165, 1.54) is 5.56 Å². The Hall–Kier alpha value is -0.380. The van der Waals surface area contributed by atoms with E-state index < -0.39 is 0 Å². The first kappa shape index (κ1) is 10.7. The maximum atomic E-state index is 8.72. The average molecular weight is 244 g/mol. The average Bonchev–Trinajstić information content (AvgIpc) is 2.04. The van der Waals surface area contributed by atoms with Gasteiger partial charge in [0.05, 0.1) is 6.61 Å². The number of hydrogen-bond donors (Lipinski definition) is 1. The van der Waals surface area contributed by atoms with Gasteiger partial charge in [-0.25, -0.2) is 0 Å². The molecule has 1 aromatic rings. The third-order valence-electron chi connectivity index (χ3n) is 1.82. The number of aliphatic hydroxyl groups excluding tert-OH is 1. The van der Waals surface area contributed by atoms with Gasteiger partial charge in [0.15, 0.2) is 0 Å². The van der Waals surface area contributed by atoms with Gasteiger partial charge in [-0.1, -0.05) is 28.1 Å². The molecular formula is C10H14BrNO. The second-order valence-corrected chi connectivity index (χ2v) is 4.01. The number of rotatable bonds is 4.